The summed E-state index contributed by atoms with van der Waals surface area (Å²) in [5.41, 5.74) is 2.50. The summed E-state index contributed by atoms with van der Waals surface area (Å²) in [5, 5.41) is 26.0. The summed E-state index contributed by atoms with van der Waals surface area (Å²) in [6, 6.07) is 16.0. The summed E-state index contributed by atoms with van der Waals surface area (Å²) in [5.74, 6) is -0.337. The number of anilines is 4. The largest absolute Gasteiger partial charge is 0.330 e. The number of carbonyl (C=O) groups is 2. The summed E-state index contributed by atoms with van der Waals surface area (Å²) in [7, 11) is 0. The van der Waals surface area contributed by atoms with Gasteiger partial charge in [0.25, 0.3) is 0 Å². The number of hydrogen-bond acceptors (Lipinski definition) is 8. The number of carbonyl (C=O) groups excluding carboxylic acids is 2. The molecule has 0 radical (unpaired) electrons. The van der Waals surface area contributed by atoms with E-state index in [4.69, 9.17) is 5.26 Å². The van der Waals surface area contributed by atoms with Crippen LogP contribution in [0.4, 0.5) is 22.2 Å². The molecule has 2 amide bonds. The second kappa shape index (κ2) is 9.87. The quantitative estimate of drug-likeness (QED) is 0.472. The molecular formula is C20H18N6O2S2. The first-order valence-electron chi connectivity index (χ1n) is 8.89. The maximum absolute atomic E-state index is 12.4. The first-order chi connectivity index (χ1) is 14.4. The molecule has 10 heteroatoms. The number of thioether (sulfide) groups is 1. The van der Waals surface area contributed by atoms with Crippen LogP contribution in [-0.2, 0) is 9.59 Å². The van der Waals surface area contributed by atoms with Gasteiger partial charge in [-0.25, -0.2) is 0 Å². The van der Waals surface area contributed by atoms with E-state index >= 15 is 0 Å². The van der Waals surface area contributed by atoms with Crippen molar-refractivity contribution in [3.05, 3.63) is 54.1 Å². The molecule has 1 unspecified atom stereocenters. The Kier molecular flexibility index (Phi) is 7.00. The van der Waals surface area contributed by atoms with Crippen molar-refractivity contribution in [1.29, 1.82) is 5.26 Å². The van der Waals surface area contributed by atoms with Gasteiger partial charge in [-0.15, -0.1) is 10.2 Å². The number of amides is 2. The van der Waals surface area contributed by atoms with Gasteiger partial charge in [-0.3, -0.25) is 9.59 Å². The van der Waals surface area contributed by atoms with E-state index in [1.165, 1.54) is 30.0 Å². The monoisotopic (exact) mass is 438 g/mol. The van der Waals surface area contributed by atoms with Crippen molar-refractivity contribution in [2.24, 2.45) is 0 Å². The molecule has 0 spiro atoms. The maximum Gasteiger partial charge on any atom is 0.237 e. The van der Waals surface area contributed by atoms with Gasteiger partial charge < -0.3 is 16.0 Å². The minimum absolute atomic E-state index is 0.145. The average molecular weight is 439 g/mol. The molecule has 0 bridgehead atoms. The van der Waals surface area contributed by atoms with Crippen molar-refractivity contribution in [1.82, 2.24) is 10.2 Å². The fourth-order valence-corrected chi connectivity index (χ4v) is 4.34. The first-order valence-corrected chi connectivity index (χ1v) is 10.6. The molecule has 0 saturated carbocycles. The molecule has 8 nitrogen and oxygen atoms in total. The zero-order valence-corrected chi connectivity index (χ0v) is 17.8. The molecule has 30 heavy (non-hydrogen) atoms. The van der Waals surface area contributed by atoms with E-state index in [0.29, 0.717) is 26.4 Å². The third-order valence-electron chi connectivity index (χ3n) is 3.75. The van der Waals surface area contributed by atoms with Crippen molar-refractivity contribution in [2.45, 2.75) is 23.4 Å². The van der Waals surface area contributed by atoms with Crippen LogP contribution in [0.3, 0.4) is 0 Å². The van der Waals surface area contributed by atoms with Gasteiger partial charge in [-0.05, 0) is 43.3 Å². The molecule has 1 heterocycles. The molecule has 0 aliphatic rings. The van der Waals surface area contributed by atoms with E-state index in [9.17, 15) is 9.59 Å². The Labute approximate surface area is 181 Å². The third-order valence-corrected chi connectivity index (χ3v) is 5.77. The van der Waals surface area contributed by atoms with Crippen LogP contribution >= 0.6 is 23.1 Å². The van der Waals surface area contributed by atoms with Crippen molar-refractivity contribution in [3.63, 3.8) is 0 Å². The Morgan fingerprint density at radius 3 is 2.50 bits per heavy atom. The van der Waals surface area contributed by atoms with Crippen LogP contribution in [0.1, 0.15) is 19.4 Å². The molecule has 0 fully saturated rings. The summed E-state index contributed by atoms with van der Waals surface area (Å²) in [6.07, 6.45) is 0. The van der Waals surface area contributed by atoms with Crippen LogP contribution in [0.2, 0.25) is 0 Å². The molecule has 1 aromatic heterocycles. The summed E-state index contributed by atoms with van der Waals surface area (Å²) in [6.45, 7) is 3.23. The van der Waals surface area contributed by atoms with Crippen molar-refractivity contribution < 1.29 is 9.59 Å². The molecule has 1 atom stereocenters. The van der Waals surface area contributed by atoms with Gasteiger partial charge >= 0.3 is 0 Å². The molecule has 0 aliphatic heterocycles. The predicted octanol–water partition coefficient (Wildman–Crippen LogP) is 4.23. The van der Waals surface area contributed by atoms with Gasteiger partial charge in [-0.1, -0.05) is 35.2 Å². The standard InChI is InChI=1S/C20H18N6O2S2/c1-12(18(28)23-15-6-3-5-14(9-15)11-21)29-20-26-25-19(30-20)24-17-8-4-7-16(10-17)22-13(2)27/h3-10,12H,1-2H3,(H,22,27)(H,23,28)(H,24,25). The first kappa shape index (κ1) is 21.3. The van der Waals surface area contributed by atoms with Crippen LogP contribution in [0.5, 0.6) is 0 Å². The smallest absolute Gasteiger partial charge is 0.237 e. The van der Waals surface area contributed by atoms with Gasteiger partial charge in [0, 0.05) is 24.0 Å². The lowest BCUT2D eigenvalue weighted by atomic mass is 10.2. The Bertz CT molecular complexity index is 1110. The van der Waals surface area contributed by atoms with E-state index in [1.807, 2.05) is 18.2 Å². The SMILES string of the molecule is CC(=O)Nc1cccc(Nc2nnc(SC(C)C(=O)Nc3cccc(C#N)c3)s2)c1. The molecule has 0 saturated heterocycles. The van der Waals surface area contributed by atoms with Gasteiger partial charge in [0.05, 0.1) is 16.9 Å². The van der Waals surface area contributed by atoms with Crippen LogP contribution in [0, 0.1) is 11.3 Å². The zero-order chi connectivity index (χ0) is 21.5. The molecule has 2 aromatic carbocycles. The second-order valence-electron chi connectivity index (χ2n) is 6.20. The lowest BCUT2D eigenvalue weighted by Crippen LogP contribution is -2.22. The lowest BCUT2D eigenvalue weighted by molar-refractivity contribution is -0.115. The maximum atomic E-state index is 12.4. The summed E-state index contributed by atoms with van der Waals surface area (Å²) >= 11 is 2.62. The fourth-order valence-electron chi connectivity index (χ4n) is 2.42. The number of nitriles is 1. The van der Waals surface area contributed by atoms with Gasteiger partial charge in [0.15, 0.2) is 4.34 Å². The van der Waals surface area contributed by atoms with E-state index in [2.05, 4.69) is 26.1 Å². The average Bonchev–Trinajstić information content (AvgIpc) is 3.14. The van der Waals surface area contributed by atoms with Crippen LogP contribution in [-0.4, -0.2) is 27.3 Å². The topological polar surface area (TPSA) is 120 Å². The van der Waals surface area contributed by atoms with Gasteiger partial charge in [0.1, 0.15) is 0 Å². The van der Waals surface area contributed by atoms with Crippen LogP contribution in [0.15, 0.2) is 52.9 Å². The number of hydrogen-bond donors (Lipinski definition) is 3. The van der Waals surface area contributed by atoms with E-state index in [0.717, 1.165) is 5.69 Å². The van der Waals surface area contributed by atoms with E-state index in [-0.39, 0.29) is 11.8 Å². The normalized spacial score (nSPS) is 11.2. The molecule has 3 aromatic rings. The summed E-state index contributed by atoms with van der Waals surface area (Å²) < 4.78 is 0.643. The Hall–Kier alpha value is -3.42. The highest BCUT2D eigenvalue weighted by atomic mass is 32.2. The third kappa shape index (κ3) is 6.04. The van der Waals surface area contributed by atoms with E-state index < -0.39 is 5.25 Å². The fraction of sp³-hybridized carbons (Fsp3) is 0.150. The Morgan fingerprint density at radius 2 is 1.77 bits per heavy atom. The molecule has 0 aliphatic carbocycles. The summed E-state index contributed by atoms with van der Waals surface area (Å²) in [4.78, 5) is 23.6. The minimum atomic E-state index is -0.403. The van der Waals surface area contributed by atoms with Gasteiger partial charge in [0.2, 0.25) is 16.9 Å². The molecule has 152 valence electrons. The second-order valence-corrected chi connectivity index (χ2v) is 8.77. The van der Waals surface area contributed by atoms with Crippen molar-refractivity contribution in [2.75, 3.05) is 16.0 Å². The highest BCUT2D eigenvalue weighted by molar-refractivity contribution is 8.02. The van der Waals surface area contributed by atoms with E-state index in [1.54, 1.807) is 43.3 Å². The van der Waals surface area contributed by atoms with Crippen LogP contribution in [0.25, 0.3) is 0 Å². The van der Waals surface area contributed by atoms with Crippen molar-refractivity contribution in [3.8, 4) is 6.07 Å². The number of aromatic nitrogens is 2. The minimum Gasteiger partial charge on any atom is -0.330 e. The number of nitrogens with zero attached hydrogens (tertiary/aromatic N) is 3. The highest BCUT2D eigenvalue weighted by Crippen LogP contribution is 2.31. The number of benzene rings is 2. The Morgan fingerprint density at radius 1 is 1.07 bits per heavy atom. The number of nitrogens with one attached hydrogen (secondary N) is 3. The molecular weight excluding hydrogens is 420 g/mol. The zero-order valence-electron chi connectivity index (χ0n) is 16.2. The highest BCUT2D eigenvalue weighted by Gasteiger charge is 2.17. The number of rotatable bonds is 7. The Balaban J connectivity index is 1.58. The van der Waals surface area contributed by atoms with Crippen molar-refractivity contribution >= 4 is 57.1 Å². The van der Waals surface area contributed by atoms with Gasteiger partial charge in [-0.2, -0.15) is 5.26 Å². The lowest BCUT2D eigenvalue weighted by Gasteiger charge is -2.10. The molecule has 3 N–H and O–H groups in total. The van der Waals surface area contributed by atoms with Crippen LogP contribution < -0.4 is 16.0 Å². The predicted molar refractivity (Wildman–Crippen MR) is 119 cm³/mol. The molecule has 3 rings (SSSR count).